The maximum atomic E-state index is 12.7. The average Bonchev–Trinajstić information content (AvgIpc) is 2.53. The maximum Gasteiger partial charge on any atom is 0.337 e. The summed E-state index contributed by atoms with van der Waals surface area (Å²) in [5.41, 5.74) is 0.0664. The fourth-order valence-corrected chi connectivity index (χ4v) is 2.30. The topological polar surface area (TPSA) is 91.0 Å². The third-order valence-electron chi connectivity index (χ3n) is 3.34. The molecule has 2 N–H and O–H groups in total. The summed E-state index contributed by atoms with van der Waals surface area (Å²) in [6.07, 6.45) is 0.882. The number of rotatable bonds is 7. The van der Waals surface area contributed by atoms with E-state index in [-0.39, 0.29) is 24.7 Å². The van der Waals surface area contributed by atoms with Crippen LogP contribution in [0.2, 0.25) is 0 Å². The van der Waals surface area contributed by atoms with Crippen molar-refractivity contribution in [3.05, 3.63) is 46.3 Å². The quantitative estimate of drug-likeness (QED) is 0.745. The summed E-state index contributed by atoms with van der Waals surface area (Å²) in [6, 6.07) is 8.05. The van der Waals surface area contributed by atoms with E-state index in [2.05, 4.69) is 0 Å². The minimum absolute atomic E-state index is 0.0272. The molecule has 1 heterocycles. The number of nitrogens with zero attached hydrogens (tertiary/aromatic N) is 1. The van der Waals surface area contributed by atoms with Crippen molar-refractivity contribution in [2.75, 3.05) is 26.3 Å². The standard InChI is InChI=1S/C16H19NO5/c18-9-3-7-17(8-4-10-19)16(21)13-11-15(20)22-14-6-2-1-5-12(13)14/h1-2,5-6,11,18-19H,3-4,7-10H2. The van der Waals surface area contributed by atoms with Gasteiger partial charge in [0.25, 0.3) is 5.91 Å². The molecule has 0 aliphatic carbocycles. The van der Waals surface area contributed by atoms with Crippen molar-refractivity contribution in [3.63, 3.8) is 0 Å². The molecule has 0 atom stereocenters. The molecule has 0 unspecified atom stereocenters. The van der Waals surface area contributed by atoms with Crippen molar-refractivity contribution < 1.29 is 19.4 Å². The van der Waals surface area contributed by atoms with Crippen molar-refractivity contribution in [1.82, 2.24) is 4.90 Å². The van der Waals surface area contributed by atoms with Gasteiger partial charge in [-0.2, -0.15) is 0 Å². The van der Waals surface area contributed by atoms with Gasteiger partial charge in [0.1, 0.15) is 5.58 Å². The monoisotopic (exact) mass is 305 g/mol. The van der Waals surface area contributed by atoms with E-state index in [1.807, 2.05) is 0 Å². The molecule has 6 nitrogen and oxygen atoms in total. The number of carbonyl (C=O) groups excluding carboxylic acids is 1. The van der Waals surface area contributed by atoms with Crippen LogP contribution in [0.5, 0.6) is 0 Å². The van der Waals surface area contributed by atoms with E-state index < -0.39 is 5.63 Å². The molecular weight excluding hydrogens is 286 g/mol. The highest BCUT2D eigenvalue weighted by molar-refractivity contribution is 6.05. The van der Waals surface area contributed by atoms with Crippen molar-refractivity contribution >= 4 is 16.9 Å². The van der Waals surface area contributed by atoms with Crippen LogP contribution in [-0.2, 0) is 0 Å². The Balaban J connectivity index is 2.38. The molecule has 0 radical (unpaired) electrons. The van der Waals surface area contributed by atoms with Gasteiger partial charge in [-0.15, -0.1) is 0 Å². The minimum Gasteiger partial charge on any atom is -0.423 e. The van der Waals surface area contributed by atoms with Crippen LogP contribution in [0.25, 0.3) is 11.0 Å². The zero-order valence-corrected chi connectivity index (χ0v) is 12.2. The fourth-order valence-electron chi connectivity index (χ4n) is 2.30. The smallest absolute Gasteiger partial charge is 0.337 e. The summed E-state index contributed by atoms with van der Waals surface area (Å²) < 4.78 is 5.09. The Morgan fingerprint density at radius 2 is 1.73 bits per heavy atom. The summed E-state index contributed by atoms with van der Waals surface area (Å²) >= 11 is 0. The third kappa shape index (κ3) is 3.72. The lowest BCUT2D eigenvalue weighted by Crippen LogP contribution is -2.34. The first-order valence-electron chi connectivity index (χ1n) is 7.21. The Kier molecular flexibility index (Phi) is 5.68. The molecule has 0 saturated heterocycles. The molecule has 0 aliphatic heterocycles. The molecular formula is C16H19NO5. The second-order valence-corrected chi connectivity index (χ2v) is 4.92. The van der Waals surface area contributed by atoms with Gasteiger partial charge in [0, 0.05) is 37.8 Å². The van der Waals surface area contributed by atoms with Crippen LogP contribution in [0.1, 0.15) is 23.2 Å². The number of hydrogen-bond donors (Lipinski definition) is 2. The normalized spacial score (nSPS) is 10.8. The molecule has 6 heteroatoms. The highest BCUT2D eigenvalue weighted by Crippen LogP contribution is 2.18. The number of hydrogen-bond acceptors (Lipinski definition) is 5. The van der Waals surface area contributed by atoms with Crippen molar-refractivity contribution in [1.29, 1.82) is 0 Å². The number of aliphatic hydroxyl groups is 2. The van der Waals surface area contributed by atoms with Crippen molar-refractivity contribution in [3.8, 4) is 0 Å². The number of amides is 1. The Bertz CT molecular complexity index is 686. The molecule has 0 bridgehead atoms. The van der Waals surface area contributed by atoms with Crippen molar-refractivity contribution in [2.45, 2.75) is 12.8 Å². The fraction of sp³-hybridized carbons (Fsp3) is 0.375. The van der Waals surface area contributed by atoms with Crippen molar-refractivity contribution in [2.24, 2.45) is 0 Å². The van der Waals surface area contributed by atoms with E-state index in [0.29, 0.717) is 36.9 Å². The van der Waals surface area contributed by atoms with E-state index in [0.717, 1.165) is 0 Å². The zero-order valence-electron chi connectivity index (χ0n) is 12.2. The Morgan fingerprint density at radius 1 is 1.09 bits per heavy atom. The van der Waals surface area contributed by atoms with Gasteiger partial charge in [0.05, 0.1) is 5.56 Å². The molecule has 118 valence electrons. The Hall–Kier alpha value is -2.18. The molecule has 0 aliphatic rings. The predicted octanol–water partition coefficient (Wildman–Crippen LogP) is 1.000. The van der Waals surface area contributed by atoms with Gasteiger partial charge in [-0.05, 0) is 18.9 Å². The largest absolute Gasteiger partial charge is 0.423 e. The molecule has 1 aromatic carbocycles. The third-order valence-corrected chi connectivity index (χ3v) is 3.34. The van der Waals surface area contributed by atoms with E-state index in [4.69, 9.17) is 14.6 Å². The van der Waals surface area contributed by atoms with Crippen LogP contribution in [0.4, 0.5) is 0 Å². The molecule has 1 amide bonds. The number of carbonyl (C=O) groups is 1. The van der Waals surface area contributed by atoms with E-state index in [1.165, 1.54) is 11.0 Å². The molecule has 0 fully saturated rings. The van der Waals surface area contributed by atoms with E-state index >= 15 is 0 Å². The highest BCUT2D eigenvalue weighted by atomic mass is 16.4. The Labute approximate surface area is 127 Å². The number of aliphatic hydroxyl groups excluding tert-OH is 2. The SMILES string of the molecule is O=C(c1cc(=O)oc2ccccc12)N(CCCO)CCCO. The van der Waals surface area contributed by atoms with Crippen LogP contribution in [0.15, 0.2) is 39.5 Å². The van der Waals surface area contributed by atoms with Gasteiger partial charge >= 0.3 is 5.63 Å². The molecule has 0 spiro atoms. The number of para-hydroxylation sites is 1. The average molecular weight is 305 g/mol. The van der Waals surface area contributed by atoms with Crippen LogP contribution in [0, 0.1) is 0 Å². The van der Waals surface area contributed by atoms with E-state index in [9.17, 15) is 9.59 Å². The lowest BCUT2D eigenvalue weighted by atomic mass is 10.1. The van der Waals surface area contributed by atoms with E-state index in [1.54, 1.807) is 24.3 Å². The lowest BCUT2D eigenvalue weighted by molar-refractivity contribution is 0.0735. The molecule has 0 saturated carbocycles. The molecule has 1 aromatic heterocycles. The number of fused-ring (bicyclic) bond motifs is 1. The summed E-state index contributed by atoms with van der Waals surface area (Å²) in [5.74, 6) is -0.300. The summed E-state index contributed by atoms with van der Waals surface area (Å²) in [4.78, 5) is 25.9. The van der Waals surface area contributed by atoms with Crippen LogP contribution in [-0.4, -0.2) is 47.3 Å². The molecule has 2 rings (SSSR count). The van der Waals surface area contributed by atoms with Crippen LogP contribution in [0.3, 0.4) is 0 Å². The van der Waals surface area contributed by atoms with Gasteiger partial charge in [-0.1, -0.05) is 18.2 Å². The molecule has 22 heavy (non-hydrogen) atoms. The lowest BCUT2D eigenvalue weighted by Gasteiger charge is -2.22. The van der Waals surface area contributed by atoms with Crippen LogP contribution < -0.4 is 5.63 Å². The summed E-state index contributed by atoms with van der Waals surface area (Å²) in [5, 5.41) is 18.5. The van der Waals surface area contributed by atoms with Gasteiger partial charge in [-0.3, -0.25) is 4.79 Å². The first-order chi connectivity index (χ1) is 10.7. The first kappa shape index (κ1) is 16.2. The summed E-state index contributed by atoms with van der Waals surface area (Å²) in [7, 11) is 0. The van der Waals surface area contributed by atoms with Gasteiger partial charge < -0.3 is 19.5 Å². The maximum absolute atomic E-state index is 12.7. The summed E-state index contributed by atoms with van der Waals surface area (Å²) in [6.45, 7) is 0.676. The second kappa shape index (κ2) is 7.72. The van der Waals surface area contributed by atoms with Gasteiger partial charge in [0.2, 0.25) is 0 Å². The Morgan fingerprint density at radius 3 is 2.36 bits per heavy atom. The number of benzene rings is 1. The van der Waals surface area contributed by atoms with Gasteiger partial charge in [-0.25, -0.2) is 4.79 Å². The second-order valence-electron chi connectivity index (χ2n) is 4.92. The minimum atomic E-state index is -0.577. The highest BCUT2D eigenvalue weighted by Gasteiger charge is 2.19. The van der Waals surface area contributed by atoms with Gasteiger partial charge in [0.15, 0.2) is 0 Å². The van der Waals surface area contributed by atoms with Crippen LogP contribution >= 0.6 is 0 Å². The predicted molar refractivity (Wildman–Crippen MR) is 81.8 cm³/mol. The zero-order chi connectivity index (χ0) is 15.9. The first-order valence-corrected chi connectivity index (χ1v) is 7.21. The molecule has 2 aromatic rings.